The molecule has 0 atom stereocenters. The molecule has 30 heavy (non-hydrogen) atoms. The van der Waals surface area contributed by atoms with Gasteiger partial charge in [0, 0.05) is 0 Å². The summed E-state index contributed by atoms with van der Waals surface area (Å²) in [6.45, 7) is 19.0. The van der Waals surface area contributed by atoms with E-state index in [1.54, 1.807) is 0 Å². The zero-order valence-electron chi connectivity index (χ0n) is 19.5. The molecule has 0 aliphatic carbocycles. The quantitative estimate of drug-likeness (QED) is 0.518. The number of rotatable bonds is 2. The molecule has 0 aromatic heterocycles. The van der Waals surface area contributed by atoms with Gasteiger partial charge in [-0.15, -0.1) is 0 Å². The van der Waals surface area contributed by atoms with E-state index in [1.165, 1.54) is 0 Å². The molecule has 8 heteroatoms. The Hall–Kier alpha value is -1.68. The predicted octanol–water partition coefficient (Wildman–Crippen LogP) is 5.65. The van der Waals surface area contributed by atoms with Crippen molar-refractivity contribution in [1.82, 2.24) is 7.05 Å². The van der Waals surface area contributed by atoms with Crippen molar-refractivity contribution < 1.29 is 0 Å². The second-order valence-corrected chi connectivity index (χ2v) is 22.5. The van der Waals surface area contributed by atoms with E-state index in [4.69, 9.17) is 10.4 Å². The Balaban J connectivity index is 2.01. The number of para-hydroxylation sites is 2. The summed E-state index contributed by atoms with van der Waals surface area (Å²) in [5.41, 5.74) is 2.25. The van der Waals surface area contributed by atoms with E-state index < -0.39 is 22.6 Å². The number of benzene rings is 2. The van der Waals surface area contributed by atoms with Crippen molar-refractivity contribution in [1.29, 1.82) is 0 Å². The predicted molar refractivity (Wildman–Crippen MR) is 129 cm³/mol. The first-order chi connectivity index (χ1) is 13.9. The van der Waals surface area contributed by atoms with E-state index in [9.17, 15) is 0 Å². The monoisotopic (exact) mass is 484 g/mol. The van der Waals surface area contributed by atoms with Crippen LogP contribution < -0.4 is 7.93 Å². The molecular formula is C22H34GeN6Si. The molecule has 4 rings (SSSR count). The van der Waals surface area contributed by atoms with Crippen LogP contribution in [0.3, 0.4) is 0 Å². The first-order valence-electron chi connectivity index (χ1n) is 10.7. The molecule has 1 spiro atoms. The van der Waals surface area contributed by atoms with Crippen LogP contribution in [0.1, 0.15) is 41.5 Å². The van der Waals surface area contributed by atoms with Gasteiger partial charge in [0.1, 0.15) is 0 Å². The van der Waals surface area contributed by atoms with Crippen LogP contribution in [0.25, 0.3) is 0 Å². The molecule has 2 aliphatic heterocycles. The van der Waals surface area contributed by atoms with Crippen molar-refractivity contribution in [3.63, 3.8) is 0 Å². The first kappa shape index (κ1) is 21.5. The van der Waals surface area contributed by atoms with Gasteiger partial charge in [0.25, 0.3) is 0 Å². The van der Waals surface area contributed by atoms with Crippen molar-refractivity contribution in [3.05, 3.63) is 60.7 Å². The fraction of sp³-hybridized carbons (Fsp3) is 0.455. The molecule has 2 aliphatic rings. The molecule has 6 nitrogen and oxygen atoms in total. The molecule has 0 bridgehead atoms. The molecule has 0 unspecified atom stereocenters. The number of anilines is 2. The number of hydrogen-bond acceptors (Lipinski definition) is 6. The van der Waals surface area contributed by atoms with E-state index in [0.29, 0.717) is 0 Å². The van der Waals surface area contributed by atoms with Gasteiger partial charge in [0.15, 0.2) is 0 Å². The van der Waals surface area contributed by atoms with Gasteiger partial charge in [-0.25, -0.2) is 0 Å². The van der Waals surface area contributed by atoms with Gasteiger partial charge in [0.05, 0.1) is 0 Å². The minimum atomic E-state index is -3.45. The Kier molecular flexibility index (Phi) is 4.97. The summed E-state index contributed by atoms with van der Waals surface area (Å²) in [7, 11) is -1.92. The van der Waals surface area contributed by atoms with Crippen LogP contribution in [-0.2, 0) is 0 Å². The van der Waals surface area contributed by atoms with Crippen molar-refractivity contribution >= 4 is 33.9 Å². The minimum absolute atomic E-state index is 0.00686. The molecule has 2 aromatic carbocycles. The van der Waals surface area contributed by atoms with Gasteiger partial charge in [-0.2, -0.15) is 0 Å². The average molecular weight is 483 g/mol. The van der Waals surface area contributed by atoms with Gasteiger partial charge in [-0.3, -0.25) is 0 Å². The second-order valence-electron chi connectivity index (χ2n) is 10.6. The first-order valence-corrected chi connectivity index (χ1v) is 17.3. The molecule has 0 saturated carbocycles. The fourth-order valence-electron chi connectivity index (χ4n) is 5.69. The summed E-state index contributed by atoms with van der Waals surface area (Å²) in [5, 5.41) is 9.68. The van der Waals surface area contributed by atoms with E-state index in [0.717, 1.165) is 11.4 Å². The Bertz CT molecular complexity index is 860. The summed E-state index contributed by atoms with van der Waals surface area (Å²) in [5.74, 6) is 0. The Morgan fingerprint density at radius 3 is 1.27 bits per heavy atom. The number of nitrogens with zero attached hydrogens (tertiary/aromatic N) is 6. The zero-order valence-corrected chi connectivity index (χ0v) is 22.6. The summed E-state index contributed by atoms with van der Waals surface area (Å²) in [4.78, 5) is 0. The molecule has 2 aromatic rings. The van der Waals surface area contributed by atoms with Gasteiger partial charge in [0.2, 0.25) is 0 Å². The van der Waals surface area contributed by atoms with E-state index in [-0.39, 0.29) is 11.1 Å². The topological polar surface area (TPSA) is 37.7 Å². The second kappa shape index (κ2) is 6.91. The van der Waals surface area contributed by atoms with Crippen molar-refractivity contribution in [2.45, 2.75) is 65.7 Å². The number of hydrogen-bond donors (Lipinski definition) is 0. The maximum atomic E-state index is 4.84. The van der Waals surface area contributed by atoms with Gasteiger partial charge >= 0.3 is 186 Å². The van der Waals surface area contributed by atoms with Crippen molar-refractivity contribution in [3.8, 4) is 0 Å². The van der Waals surface area contributed by atoms with Gasteiger partial charge < -0.3 is 0 Å². The molecule has 1 saturated heterocycles. The van der Waals surface area contributed by atoms with E-state index in [1.807, 2.05) is 0 Å². The summed E-state index contributed by atoms with van der Waals surface area (Å²) < 4.78 is 10.3. The molecule has 0 N–H and O–H groups in total. The summed E-state index contributed by atoms with van der Waals surface area (Å²) >= 11 is -3.45. The summed E-state index contributed by atoms with van der Waals surface area (Å²) in [6, 6.07) is 21.1. The van der Waals surface area contributed by atoms with Gasteiger partial charge in [-0.1, -0.05) is 0 Å². The maximum absolute atomic E-state index is 4.84. The standard InChI is InChI=1S/C22H34GeN6Si/c1-21(2,3)28-23(29(22(4,5)6)30(28,7)8)26(19-15-11-9-12-16-19)24-25-27(23)20-17-13-10-14-18-20/h9-18H,1-8H3. The van der Waals surface area contributed by atoms with Crippen LogP contribution in [0.2, 0.25) is 13.1 Å². The molecule has 1 fully saturated rings. The van der Waals surface area contributed by atoms with Crippen LogP contribution in [0.4, 0.5) is 11.4 Å². The molecule has 0 amide bonds. The van der Waals surface area contributed by atoms with Gasteiger partial charge in [-0.05, 0) is 0 Å². The van der Waals surface area contributed by atoms with Crippen LogP contribution >= 0.6 is 0 Å². The van der Waals surface area contributed by atoms with E-state index >= 15 is 0 Å². The normalized spacial score (nSPS) is 21.3. The van der Waals surface area contributed by atoms with Crippen LogP contribution in [-0.4, -0.2) is 40.7 Å². The fourth-order valence-corrected chi connectivity index (χ4v) is 31.8. The van der Waals surface area contributed by atoms with E-state index in [2.05, 4.69) is 130 Å². The third-order valence-corrected chi connectivity index (χ3v) is 28.5. The third-order valence-electron chi connectivity index (χ3n) is 5.82. The van der Waals surface area contributed by atoms with Crippen molar-refractivity contribution in [2.24, 2.45) is 10.4 Å². The van der Waals surface area contributed by atoms with Crippen LogP contribution in [0.5, 0.6) is 0 Å². The SMILES string of the molecule is CC(C)(C)[N]1[Si](C)(C)[N](C(C)(C)C)[Ge]12[N](c1ccccc1)N=N[N]2c1ccccc1. The molecule has 2 heterocycles. The zero-order chi connectivity index (χ0) is 21.9. The molecule has 160 valence electrons. The Morgan fingerprint density at radius 1 is 0.633 bits per heavy atom. The molecule has 0 radical (unpaired) electrons. The van der Waals surface area contributed by atoms with Crippen LogP contribution in [0.15, 0.2) is 71.1 Å². The third kappa shape index (κ3) is 2.97. The van der Waals surface area contributed by atoms with Crippen LogP contribution in [0, 0.1) is 0 Å². The average Bonchev–Trinajstić information content (AvgIpc) is 3.00. The summed E-state index contributed by atoms with van der Waals surface area (Å²) in [6.07, 6.45) is 0. The van der Waals surface area contributed by atoms with Crippen molar-refractivity contribution in [2.75, 3.05) is 7.93 Å². The Morgan fingerprint density at radius 2 is 0.967 bits per heavy atom. The molecular weight excluding hydrogens is 449 g/mol. The Labute approximate surface area is 185 Å².